The first-order valence-electron chi connectivity index (χ1n) is 11.1. The van der Waals surface area contributed by atoms with Gasteiger partial charge in [0.1, 0.15) is 5.75 Å². The number of aromatic hydroxyl groups is 1. The molecule has 1 aliphatic heterocycles. The summed E-state index contributed by atoms with van der Waals surface area (Å²) >= 11 is 0. The van der Waals surface area contributed by atoms with E-state index in [4.69, 9.17) is 4.74 Å². The quantitative estimate of drug-likeness (QED) is 0.254. The molecule has 194 valence electrons. The number of non-ortho nitro benzene ring substituents is 1. The molecular formula is C22H21F3N8O4. The van der Waals surface area contributed by atoms with Gasteiger partial charge in [0.2, 0.25) is 5.95 Å². The molecule has 1 aromatic carbocycles. The molecule has 1 aliphatic rings. The van der Waals surface area contributed by atoms with E-state index >= 15 is 0 Å². The predicted octanol–water partition coefficient (Wildman–Crippen LogP) is 4.00. The number of benzene rings is 1. The van der Waals surface area contributed by atoms with Crippen LogP contribution in [-0.4, -0.2) is 55.5 Å². The number of alkyl halides is 3. The van der Waals surface area contributed by atoms with Crippen molar-refractivity contribution in [1.82, 2.24) is 19.9 Å². The summed E-state index contributed by atoms with van der Waals surface area (Å²) in [5.74, 6) is -0.430. The molecule has 1 fully saturated rings. The normalized spacial score (nSPS) is 16.1. The predicted molar refractivity (Wildman–Crippen MR) is 126 cm³/mol. The summed E-state index contributed by atoms with van der Waals surface area (Å²) in [6, 6.07) is 8.04. The Kier molecular flexibility index (Phi) is 7.60. The Balaban J connectivity index is 1.63. The first kappa shape index (κ1) is 25.5. The van der Waals surface area contributed by atoms with E-state index in [9.17, 15) is 28.4 Å². The number of nitro groups is 1. The summed E-state index contributed by atoms with van der Waals surface area (Å²) in [7, 11) is 0. The summed E-state index contributed by atoms with van der Waals surface area (Å²) in [5.41, 5.74) is 2.98. The second-order valence-corrected chi connectivity index (χ2v) is 7.98. The molecular weight excluding hydrogens is 497 g/mol. The van der Waals surface area contributed by atoms with Gasteiger partial charge in [-0.25, -0.2) is 5.43 Å². The van der Waals surface area contributed by atoms with Gasteiger partial charge in [-0.1, -0.05) is 6.07 Å². The van der Waals surface area contributed by atoms with Gasteiger partial charge in [-0.15, -0.1) is 0 Å². The molecule has 3 aromatic rings. The van der Waals surface area contributed by atoms with Gasteiger partial charge < -0.3 is 14.7 Å². The number of anilines is 2. The second kappa shape index (κ2) is 11.0. The van der Waals surface area contributed by atoms with Gasteiger partial charge in [-0.3, -0.25) is 15.1 Å². The number of rotatable bonds is 8. The number of hydrogen-bond acceptors (Lipinski definition) is 11. The SMILES string of the molecule is O=[N+]([O-])c1ccc(O)c(/C=N/Nc2nc(OCC(F)(F)F)nc(N3CCCCC3c3ccccn3)n2)c1. The maximum absolute atomic E-state index is 12.8. The molecule has 12 nitrogen and oxygen atoms in total. The number of phenolic OH excluding ortho intramolecular Hbond substituents is 1. The molecule has 2 N–H and O–H groups in total. The van der Waals surface area contributed by atoms with Gasteiger partial charge >= 0.3 is 12.2 Å². The lowest BCUT2D eigenvalue weighted by atomic mass is 9.99. The first-order valence-corrected chi connectivity index (χ1v) is 11.1. The van der Waals surface area contributed by atoms with Gasteiger partial charge in [0, 0.05) is 30.4 Å². The number of phenols is 1. The number of aromatic nitrogens is 4. The molecule has 2 aromatic heterocycles. The van der Waals surface area contributed by atoms with Crippen LogP contribution < -0.4 is 15.1 Å². The minimum atomic E-state index is -4.61. The number of nitro benzene ring substituents is 1. The minimum absolute atomic E-state index is 0.0239. The Morgan fingerprint density at radius 3 is 2.81 bits per heavy atom. The second-order valence-electron chi connectivity index (χ2n) is 7.98. The summed E-state index contributed by atoms with van der Waals surface area (Å²) in [5, 5.41) is 24.8. The number of nitrogens with zero attached hydrogens (tertiary/aromatic N) is 7. The fraction of sp³-hybridized carbons (Fsp3) is 0.318. The van der Waals surface area contributed by atoms with Gasteiger partial charge in [-0.05, 0) is 37.5 Å². The zero-order valence-electron chi connectivity index (χ0n) is 19.2. The largest absolute Gasteiger partial charge is 0.507 e. The lowest BCUT2D eigenvalue weighted by Crippen LogP contribution is -2.35. The van der Waals surface area contributed by atoms with Crippen LogP contribution in [0.5, 0.6) is 11.8 Å². The van der Waals surface area contributed by atoms with Gasteiger partial charge in [-0.2, -0.15) is 33.2 Å². The Hall–Kier alpha value is -4.56. The highest BCUT2D eigenvalue weighted by atomic mass is 19.4. The molecule has 37 heavy (non-hydrogen) atoms. The molecule has 3 heterocycles. The van der Waals surface area contributed by atoms with Crippen molar-refractivity contribution in [1.29, 1.82) is 0 Å². The Morgan fingerprint density at radius 2 is 2.08 bits per heavy atom. The number of piperidine rings is 1. The number of hydrazone groups is 1. The van der Waals surface area contributed by atoms with Crippen LogP contribution in [0, 0.1) is 10.1 Å². The summed E-state index contributed by atoms with van der Waals surface area (Å²) in [6.07, 6.45) is 0.579. The molecule has 1 atom stereocenters. The third-order valence-electron chi connectivity index (χ3n) is 5.35. The fourth-order valence-corrected chi connectivity index (χ4v) is 3.71. The van der Waals surface area contributed by atoms with Crippen molar-refractivity contribution in [3.8, 4) is 11.8 Å². The number of halogens is 3. The summed E-state index contributed by atoms with van der Waals surface area (Å²) in [6.45, 7) is -1.08. The van der Waals surface area contributed by atoms with Crippen molar-refractivity contribution in [3.63, 3.8) is 0 Å². The number of pyridine rings is 1. The van der Waals surface area contributed by atoms with E-state index in [1.807, 2.05) is 17.0 Å². The van der Waals surface area contributed by atoms with Crippen molar-refractivity contribution in [3.05, 3.63) is 64.0 Å². The molecule has 0 aliphatic carbocycles. The Bertz CT molecular complexity index is 1280. The molecule has 0 saturated carbocycles. The minimum Gasteiger partial charge on any atom is -0.507 e. The highest BCUT2D eigenvalue weighted by Gasteiger charge is 2.31. The number of nitrogens with one attached hydrogen (secondary N) is 1. The lowest BCUT2D eigenvalue weighted by Gasteiger charge is -2.35. The highest BCUT2D eigenvalue weighted by Crippen LogP contribution is 2.33. The zero-order valence-corrected chi connectivity index (χ0v) is 19.2. The standard InChI is InChI=1S/C22H21F3N8O4/c23-22(24,25)13-37-21-29-19(31-27-12-14-11-15(33(35)36)7-8-18(14)34)28-20(30-21)32-10-4-2-6-17(32)16-5-1-3-9-26-16/h1,3,5,7-9,11-12,17,34H,2,4,6,10,13H2,(H,28,29,30,31)/b27-12+. The number of hydrogen-bond donors (Lipinski definition) is 2. The molecule has 0 radical (unpaired) electrons. The average molecular weight is 518 g/mol. The molecule has 15 heteroatoms. The van der Waals surface area contributed by atoms with E-state index in [1.54, 1.807) is 12.3 Å². The highest BCUT2D eigenvalue weighted by molar-refractivity contribution is 5.84. The van der Waals surface area contributed by atoms with Crippen LogP contribution >= 0.6 is 0 Å². The maximum atomic E-state index is 12.8. The van der Waals surface area contributed by atoms with E-state index in [0.717, 1.165) is 49.4 Å². The van der Waals surface area contributed by atoms with Crippen molar-refractivity contribution in [2.45, 2.75) is 31.5 Å². The van der Waals surface area contributed by atoms with Crippen LogP contribution in [0.15, 0.2) is 47.7 Å². The van der Waals surface area contributed by atoms with Crippen LogP contribution in [0.2, 0.25) is 0 Å². The first-order chi connectivity index (χ1) is 17.7. The zero-order chi connectivity index (χ0) is 26.4. The van der Waals surface area contributed by atoms with E-state index < -0.39 is 23.7 Å². The third-order valence-corrected chi connectivity index (χ3v) is 5.35. The number of ether oxygens (including phenoxy) is 1. The van der Waals surface area contributed by atoms with Crippen molar-refractivity contribution >= 4 is 23.8 Å². The Morgan fingerprint density at radius 1 is 1.24 bits per heavy atom. The van der Waals surface area contributed by atoms with E-state index in [-0.39, 0.29) is 34.9 Å². The van der Waals surface area contributed by atoms with Crippen LogP contribution in [-0.2, 0) is 0 Å². The van der Waals surface area contributed by atoms with Gasteiger partial charge in [0.05, 0.1) is 22.9 Å². The van der Waals surface area contributed by atoms with Crippen molar-refractivity contribution in [2.24, 2.45) is 5.10 Å². The molecule has 1 saturated heterocycles. The molecule has 1 unspecified atom stereocenters. The van der Waals surface area contributed by atoms with Crippen molar-refractivity contribution < 1.29 is 27.9 Å². The van der Waals surface area contributed by atoms with Gasteiger partial charge in [0.15, 0.2) is 6.61 Å². The molecule has 0 amide bonds. The Labute approximate surface area is 208 Å². The molecule has 0 bridgehead atoms. The van der Waals surface area contributed by atoms with E-state index in [2.05, 4.69) is 30.5 Å². The molecule has 4 rings (SSSR count). The third kappa shape index (κ3) is 6.77. The van der Waals surface area contributed by atoms with Crippen LogP contribution in [0.4, 0.5) is 30.8 Å². The monoisotopic (exact) mass is 518 g/mol. The van der Waals surface area contributed by atoms with Crippen LogP contribution in [0.1, 0.15) is 36.6 Å². The van der Waals surface area contributed by atoms with E-state index in [1.165, 1.54) is 0 Å². The maximum Gasteiger partial charge on any atom is 0.422 e. The fourth-order valence-electron chi connectivity index (χ4n) is 3.71. The average Bonchev–Trinajstić information content (AvgIpc) is 2.88. The van der Waals surface area contributed by atoms with Crippen LogP contribution in [0.3, 0.4) is 0 Å². The summed E-state index contributed by atoms with van der Waals surface area (Å²) in [4.78, 5) is 28.8. The smallest absolute Gasteiger partial charge is 0.422 e. The summed E-state index contributed by atoms with van der Waals surface area (Å²) < 4.78 is 43.1. The van der Waals surface area contributed by atoms with Crippen molar-refractivity contribution in [2.75, 3.05) is 23.5 Å². The topological polar surface area (TPSA) is 152 Å². The van der Waals surface area contributed by atoms with Gasteiger partial charge in [0.25, 0.3) is 11.6 Å². The lowest BCUT2D eigenvalue weighted by molar-refractivity contribution is -0.384. The molecule has 0 spiro atoms. The van der Waals surface area contributed by atoms with Crippen LogP contribution in [0.25, 0.3) is 0 Å². The van der Waals surface area contributed by atoms with E-state index in [0.29, 0.717) is 6.54 Å².